The highest BCUT2D eigenvalue weighted by atomic mass is 127. The Bertz CT molecular complexity index is 3110. The van der Waals surface area contributed by atoms with Gasteiger partial charge in [0, 0.05) is 35.0 Å². The monoisotopic (exact) mass is 1170 g/mol. The summed E-state index contributed by atoms with van der Waals surface area (Å²) in [5, 5.41) is 13.0. The fourth-order valence-electron chi connectivity index (χ4n) is 7.45. The molecule has 0 unspecified atom stereocenters. The third-order valence-corrected chi connectivity index (χ3v) is 14.5. The number of carbonyl (C=O) groups is 2. The predicted molar refractivity (Wildman–Crippen MR) is 245 cm³/mol. The maximum Gasteiger partial charge on any atom is 0.416 e. The fourth-order valence-corrected chi connectivity index (χ4v) is 11.4. The van der Waals surface area contributed by atoms with Gasteiger partial charge in [0.15, 0.2) is 0 Å². The lowest BCUT2D eigenvalue weighted by Gasteiger charge is -2.17. The molecule has 8 rings (SSSR count). The molecule has 0 aliphatic carbocycles. The molecule has 68 heavy (non-hydrogen) atoms. The van der Waals surface area contributed by atoms with E-state index in [2.05, 4.69) is 15.9 Å². The molecule has 4 aromatic carbocycles. The lowest BCUT2D eigenvalue weighted by atomic mass is 10.0. The van der Waals surface area contributed by atoms with Crippen molar-refractivity contribution < 1.29 is 72.1 Å². The minimum Gasteiger partial charge on any atom is -0.477 e. The van der Waals surface area contributed by atoms with Crippen molar-refractivity contribution >= 4 is 93.6 Å². The van der Waals surface area contributed by atoms with E-state index in [1.54, 1.807) is 65.2 Å². The van der Waals surface area contributed by atoms with Gasteiger partial charge in [0.2, 0.25) is 0 Å². The summed E-state index contributed by atoms with van der Waals surface area (Å²) in [6.07, 6.45) is -20.0. The van der Waals surface area contributed by atoms with Gasteiger partial charge in [0.1, 0.15) is 11.4 Å². The van der Waals surface area contributed by atoms with Gasteiger partial charge in [-0.05, 0) is 104 Å². The van der Waals surface area contributed by atoms with Gasteiger partial charge in [-0.2, -0.15) is 52.7 Å². The van der Waals surface area contributed by atoms with Crippen LogP contribution in [0.25, 0.3) is 42.7 Å². The van der Waals surface area contributed by atoms with Gasteiger partial charge in [-0.3, -0.25) is 0 Å². The summed E-state index contributed by atoms with van der Waals surface area (Å²) in [5.41, 5.74) is -2.89. The maximum atomic E-state index is 13.7. The molecule has 0 saturated carbocycles. The Labute approximate surface area is 406 Å². The number of esters is 1. The zero-order valence-electron chi connectivity index (χ0n) is 34.2. The second-order valence-corrected chi connectivity index (χ2v) is 18.4. The van der Waals surface area contributed by atoms with Crippen LogP contribution in [0.15, 0.2) is 112 Å². The van der Waals surface area contributed by atoms with E-state index in [1.165, 1.54) is 31.8 Å². The number of hydrogen-bond acceptors (Lipinski definition) is 5. The Kier molecular flexibility index (Phi) is 14.3. The van der Waals surface area contributed by atoms with Gasteiger partial charge in [-0.25, -0.2) is 9.59 Å². The number of aromatic carboxylic acids is 1. The molecule has 0 aliphatic rings. The van der Waals surface area contributed by atoms with Crippen LogP contribution in [0.2, 0.25) is 0 Å². The van der Waals surface area contributed by atoms with Crippen LogP contribution in [0, 0.1) is 3.57 Å². The molecule has 0 saturated heterocycles. The first-order valence-corrected chi connectivity index (χ1v) is 23.1. The second kappa shape index (κ2) is 19.2. The molecule has 4 heterocycles. The second-order valence-electron chi connectivity index (χ2n) is 14.7. The van der Waals surface area contributed by atoms with Gasteiger partial charge in [0.25, 0.3) is 0 Å². The maximum absolute atomic E-state index is 13.7. The molecule has 1 N–H and O–H groups in total. The van der Waals surface area contributed by atoms with Crippen molar-refractivity contribution in [1.82, 2.24) is 9.13 Å². The summed E-state index contributed by atoms with van der Waals surface area (Å²) >= 11 is 7.61. The normalized spacial score (nSPS) is 12.4. The highest BCUT2D eigenvalue weighted by Crippen LogP contribution is 2.46. The molecule has 0 amide bonds. The first-order valence-electron chi connectivity index (χ1n) is 19.5. The predicted octanol–water partition coefficient (Wildman–Crippen LogP) is 16.2. The Morgan fingerprint density at radius 3 is 1.47 bits per heavy atom. The van der Waals surface area contributed by atoms with Crippen molar-refractivity contribution in [2.24, 2.45) is 0 Å². The standard InChI is InChI=1S/C30H21F6NO2S.C16H7BrF6INO2S/c1-2-39-28(38)26-24(20-11-7-4-8-12-20)27-25(23(17-40-27)19-9-5-3-6-10-19)37(26)16-18-13-21(29(31,32)33)15-22(14-18)30(34,35)36;17-9-5-28-13-10(24)12(14(26)27)25(11(9)13)4-6-1-7(15(18,19)20)3-8(2-6)16(21,22)23/h3-15,17H,2,16H2,1H3;1-3,5H,4H2,(H,26,27). The van der Waals surface area contributed by atoms with Gasteiger partial charge >= 0.3 is 36.6 Å². The summed E-state index contributed by atoms with van der Waals surface area (Å²) < 4.78 is 171. The van der Waals surface area contributed by atoms with E-state index in [1.807, 2.05) is 35.7 Å². The summed E-state index contributed by atoms with van der Waals surface area (Å²) in [4.78, 5) is 25.1. The number of alkyl halides is 12. The lowest BCUT2D eigenvalue weighted by molar-refractivity contribution is -0.144. The largest absolute Gasteiger partial charge is 0.477 e. The number of benzene rings is 4. The molecule has 356 valence electrons. The summed E-state index contributed by atoms with van der Waals surface area (Å²) in [7, 11) is 0. The van der Waals surface area contributed by atoms with Crippen LogP contribution < -0.4 is 0 Å². The molecular weight excluding hydrogens is 1140 g/mol. The third kappa shape index (κ3) is 10.5. The molecule has 0 fully saturated rings. The third-order valence-electron chi connectivity index (χ3n) is 10.2. The molecule has 0 aliphatic heterocycles. The zero-order valence-corrected chi connectivity index (χ0v) is 39.6. The fraction of sp³-hybridized carbons (Fsp3) is 0.174. The average Bonchev–Trinajstić information content (AvgIpc) is 4.01. The smallest absolute Gasteiger partial charge is 0.416 e. The molecule has 0 spiro atoms. The summed E-state index contributed by atoms with van der Waals surface area (Å²) in [5.74, 6) is -2.06. The van der Waals surface area contributed by atoms with E-state index < -0.39 is 72.0 Å². The molecular formula is C46H28BrF12IN2O4S2. The first kappa shape index (κ1) is 50.5. The van der Waals surface area contributed by atoms with Crippen molar-refractivity contribution in [2.75, 3.05) is 6.61 Å². The Morgan fingerprint density at radius 1 is 0.618 bits per heavy atom. The lowest BCUT2D eigenvalue weighted by Crippen LogP contribution is -2.16. The quantitative estimate of drug-likeness (QED) is 0.0888. The Balaban J connectivity index is 0.000000215. The minimum atomic E-state index is -5.00. The van der Waals surface area contributed by atoms with Gasteiger partial charge in [-0.1, -0.05) is 60.7 Å². The van der Waals surface area contributed by atoms with Crippen LogP contribution in [0.3, 0.4) is 0 Å². The van der Waals surface area contributed by atoms with Gasteiger partial charge < -0.3 is 19.0 Å². The molecule has 0 bridgehead atoms. The molecule has 0 radical (unpaired) electrons. The number of ether oxygens (including phenoxy) is 1. The van der Waals surface area contributed by atoms with Crippen LogP contribution in [0.4, 0.5) is 52.7 Å². The van der Waals surface area contributed by atoms with Gasteiger partial charge in [0.05, 0.1) is 57.3 Å². The Morgan fingerprint density at radius 2 is 1.04 bits per heavy atom. The van der Waals surface area contributed by atoms with Crippen LogP contribution in [0.1, 0.15) is 61.3 Å². The van der Waals surface area contributed by atoms with E-state index in [0.29, 0.717) is 69.4 Å². The molecule has 0 atom stereocenters. The van der Waals surface area contributed by atoms with Crippen LogP contribution in [0.5, 0.6) is 0 Å². The van der Waals surface area contributed by atoms with E-state index in [9.17, 15) is 67.4 Å². The average molecular weight is 1170 g/mol. The van der Waals surface area contributed by atoms with Crippen molar-refractivity contribution in [3.8, 4) is 22.3 Å². The Hall–Kier alpha value is -5.33. The van der Waals surface area contributed by atoms with Crippen molar-refractivity contribution in [1.29, 1.82) is 0 Å². The number of rotatable bonds is 9. The van der Waals surface area contributed by atoms with Gasteiger partial charge in [-0.15, -0.1) is 22.7 Å². The van der Waals surface area contributed by atoms with Crippen LogP contribution >= 0.6 is 61.2 Å². The number of carboxylic acids is 1. The number of thiophene rings is 2. The minimum absolute atomic E-state index is 0.0270. The first-order chi connectivity index (χ1) is 31.8. The SMILES string of the molecule is CCOC(=O)c1c(-c2ccccc2)c2scc(-c3ccccc3)c2n1Cc1cc(C(F)(F)F)cc(C(F)(F)F)c1.O=C(O)c1c(I)c2scc(Br)c2n1Cc1cc(C(F)(F)F)cc(C(F)(F)F)c1. The van der Waals surface area contributed by atoms with E-state index in [-0.39, 0.29) is 41.3 Å². The highest BCUT2D eigenvalue weighted by Gasteiger charge is 2.39. The number of hydrogen-bond donors (Lipinski definition) is 1. The zero-order chi connectivity index (χ0) is 49.7. The molecule has 22 heteroatoms. The van der Waals surface area contributed by atoms with E-state index >= 15 is 0 Å². The topological polar surface area (TPSA) is 73.5 Å². The van der Waals surface area contributed by atoms with Crippen LogP contribution in [-0.4, -0.2) is 32.8 Å². The van der Waals surface area contributed by atoms with E-state index in [4.69, 9.17) is 4.74 Å². The summed E-state index contributed by atoms with van der Waals surface area (Å²) in [6.45, 7) is 0.747. The number of fused-ring (bicyclic) bond motifs is 2. The van der Waals surface area contributed by atoms with Crippen molar-refractivity contribution in [3.05, 3.63) is 161 Å². The van der Waals surface area contributed by atoms with E-state index in [0.717, 1.165) is 5.56 Å². The number of nitrogens with zero attached hydrogens (tertiary/aromatic N) is 2. The van der Waals surface area contributed by atoms with Crippen molar-refractivity contribution in [2.45, 2.75) is 44.7 Å². The number of carbonyl (C=O) groups excluding carboxylic acids is 1. The number of aromatic nitrogens is 2. The molecule has 6 nitrogen and oxygen atoms in total. The molecule has 8 aromatic rings. The van der Waals surface area contributed by atoms with Crippen molar-refractivity contribution in [3.63, 3.8) is 0 Å². The molecule has 4 aromatic heterocycles. The number of carboxylic acid groups (broad SMARTS) is 1. The van der Waals surface area contributed by atoms with Crippen LogP contribution in [-0.2, 0) is 42.5 Å². The highest BCUT2D eigenvalue weighted by molar-refractivity contribution is 14.1. The summed E-state index contributed by atoms with van der Waals surface area (Å²) in [6, 6.07) is 20.8. The number of halogens is 14.